The quantitative estimate of drug-likeness (QED) is 0.837. The Kier molecular flexibility index (Phi) is 3.90. The van der Waals surface area contributed by atoms with Crippen LogP contribution in [0.4, 0.5) is 0 Å². The lowest BCUT2D eigenvalue weighted by molar-refractivity contribution is 0.448. The second-order valence-corrected chi connectivity index (χ2v) is 4.20. The van der Waals surface area contributed by atoms with E-state index in [9.17, 15) is 0 Å². The minimum absolute atomic E-state index is 0.0163. The Balaban J connectivity index is 2.94. The summed E-state index contributed by atoms with van der Waals surface area (Å²) in [7, 11) is 0. The molecule has 0 aromatic carbocycles. The van der Waals surface area contributed by atoms with Crippen molar-refractivity contribution in [1.82, 2.24) is 4.98 Å². The third-order valence-electron chi connectivity index (χ3n) is 2.54. The molecule has 2 N–H and O–H groups in total. The van der Waals surface area contributed by atoms with Gasteiger partial charge in [0.25, 0.3) is 0 Å². The van der Waals surface area contributed by atoms with Crippen LogP contribution in [0.15, 0.2) is 12.1 Å². The molecule has 0 bridgehead atoms. The standard InChI is InChI=1S/C11H17ClN2/c1-4-7(2)11(13)10-6-9(12)5-8(3)14-10/h5-7,11H,4,13H2,1-3H3. The number of rotatable bonds is 3. The molecule has 78 valence electrons. The van der Waals surface area contributed by atoms with Crippen LogP contribution in [0.25, 0.3) is 0 Å². The summed E-state index contributed by atoms with van der Waals surface area (Å²) in [5, 5.41) is 0.714. The molecule has 0 saturated carbocycles. The number of pyridine rings is 1. The van der Waals surface area contributed by atoms with Crippen LogP contribution in [0.1, 0.15) is 37.7 Å². The second-order valence-electron chi connectivity index (χ2n) is 3.76. The van der Waals surface area contributed by atoms with Crippen molar-refractivity contribution >= 4 is 11.6 Å². The van der Waals surface area contributed by atoms with Crippen molar-refractivity contribution in [3.63, 3.8) is 0 Å². The number of hydrogen-bond acceptors (Lipinski definition) is 2. The smallest absolute Gasteiger partial charge is 0.0591 e. The first-order valence-corrected chi connectivity index (χ1v) is 5.32. The molecule has 0 spiro atoms. The van der Waals surface area contributed by atoms with Crippen molar-refractivity contribution in [2.24, 2.45) is 11.7 Å². The molecule has 2 unspecified atom stereocenters. The van der Waals surface area contributed by atoms with E-state index in [0.717, 1.165) is 17.8 Å². The highest BCUT2D eigenvalue weighted by molar-refractivity contribution is 6.30. The average Bonchev–Trinajstić information content (AvgIpc) is 2.14. The summed E-state index contributed by atoms with van der Waals surface area (Å²) in [4.78, 5) is 4.39. The minimum Gasteiger partial charge on any atom is -0.322 e. The van der Waals surface area contributed by atoms with Gasteiger partial charge < -0.3 is 5.73 Å². The van der Waals surface area contributed by atoms with Crippen molar-refractivity contribution in [2.75, 3.05) is 0 Å². The summed E-state index contributed by atoms with van der Waals surface area (Å²) in [6.45, 7) is 6.18. The lowest BCUT2D eigenvalue weighted by Crippen LogP contribution is -2.20. The molecule has 14 heavy (non-hydrogen) atoms. The number of aromatic nitrogens is 1. The van der Waals surface area contributed by atoms with E-state index in [2.05, 4.69) is 18.8 Å². The zero-order valence-electron chi connectivity index (χ0n) is 8.92. The molecular formula is C11H17ClN2. The van der Waals surface area contributed by atoms with Gasteiger partial charge in [-0.2, -0.15) is 0 Å². The Morgan fingerprint density at radius 2 is 2.14 bits per heavy atom. The fraction of sp³-hybridized carbons (Fsp3) is 0.545. The molecule has 0 saturated heterocycles. The van der Waals surface area contributed by atoms with Crippen molar-refractivity contribution in [2.45, 2.75) is 33.2 Å². The second kappa shape index (κ2) is 4.76. The van der Waals surface area contributed by atoms with Crippen molar-refractivity contribution < 1.29 is 0 Å². The van der Waals surface area contributed by atoms with Crippen LogP contribution >= 0.6 is 11.6 Å². The van der Waals surface area contributed by atoms with Crippen LogP contribution in [0, 0.1) is 12.8 Å². The van der Waals surface area contributed by atoms with Gasteiger partial charge in [-0.25, -0.2) is 0 Å². The number of hydrogen-bond donors (Lipinski definition) is 1. The molecular weight excluding hydrogens is 196 g/mol. The first-order valence-electron chi connectivity index (χ1n) is 4.94. The molecule has 0 amide bonds. The fourth-order valence-electron chi connectivity index (χ4n) is 1.37. The Morgan fingerprint density at radius 3 is 2.64 bits per heavy atom. The number of nitrogens with zero attached hydrogens (tertiary/aromatic N) is 1. The summed E-state index contributed by atoms with van der Waals surface area (Å²) in [6, 6.07) is 3.68. The zero-order valence-corrected chi connectivity index (χ0v) is 9.67. The summed E-state index contributed by atoms with van der Waals surface area (Å²) < 4.78 is 0. The maximum atomic E-state index is 6.07. The average molecular weight is 213 g/mol. The molecule has 1 aromatic rings. The van der Waals surface area contributed by atoms with E-state index >= 15 is 0 Å². The van der Waals surface area contributed by atoms with Crippen molar-refractivity contribution in [1.29, 1.82) is 0 Å². The van der Waals surface area contributed by atoms with Gasteiger partial charge in [0.1, 0.15) is 0 Å². The van der Waals surface area contributed by atoms with Gasteiger partial charge in [-0.05, 0) is 25.0 Å². The van der Waals surface area contributed by atoms with Gasteiger partial charge in [0.05, 0.1) is 5.69 Å². The molecule has 0 aliphatic heterocycles. The Bertz CT molecular complexity index is 292. The van der Waals surface area contributed by atoms with Crippen LogP contribution in [0.5, 0.6) is 0 Å². The molecule has 0 fully saturated rings. The predicted octanol–water partition coefficient (Wildman–Crippen LogP) is 3.09. The topological polar surface area (TPSA) is 38.9 Å². The van der Waals surface area contributed by atoms with Crippen molar-refractivity contribution in [3.8, 4) is 0 Å². The first kappa shape index (κ1) is 11.5. The maximum Gasteiger partial charge on any atom is 0.0591 e. The van der Waals surface area contributed by atoms with Crippen LogP contribution in [0.3, 0.4) is 0 Å². The Hall–Kier alpha value is -0.600. The minimum atomic E-state index is -0.0163. The molecule has 3 heteroatoms. The van der Waals surface area contributed by atoms with Crippen LogP contribution in [-0.2, 0) is 0 Å². The Labute approximate surface area is 90.5 Å². The van der Waals surface area contributed by atoms with Gasteiger partial charge in [-0.3, -0.25) is 4.98 Å². The number of halogens is 1. The SMILES string of the molecule is CCC(C)C(N)c1cc(Cl)cc(C)n1. The lowest BCUT2D eigenvalue weighted by atomic mass is 9.97. The summed E-state index contributed by atoms with van der Waals surface area (Å²) in [5.41, 5.74) is 7.88. The van der Waals surface area contributed by atoms with E-state index in [1.165, 1.54) is 0 Å². The van der Waals surface area contributed by atoms with E-state index in [0.29, 0.717) is 10.9 Å². The van der Waals surface area contributed by atoms with Gasteiger partial charge in [0.2, 0.25) is 0 Å². The zero-order chi connectivity index (χ0) is 10.7. The molecule has 2 atom stereocenters. The number of nitrogens with two attached hydrogens (primary N) is 1. The molecule has 1 heterocycles. The van der Waals surface area contributed by atoms with E-state index in [4.69, 9.17) is 17.3 Å². The van der Waals surface area contributed by atoms with E-state index < -0.39 is 0 Å². The van der Waals surface area contributed by atoms with E-state index in [-0.39, 0.29) is 6.04 Å². The van der Waals surface area contributed by atoms with Crippen molar-refractivity contribution in [3.05, 3.63) is 28.5 Å². The molecule has 1 rings (SSSR count). The van der Waals surface area contributed by atoms with Gasteiger partial charge >= 0.3 is 0 Å². The number of aryl methyl sites for hydroxylation is 1. The molecule has 0 aliphatic rings. The third-order valence-corrected chi connectivity index (χ3v) is 2.75. The highest BCUT2D eigenvalue weighted by Gasteiger charge is 2.15. The summed E-state index contributed by atoms with van der Waals surface area (Å²) in [6.07, 6.45) is 1.05. The largest absolute Gasteiger partial charge is 0.322 e. The normalized spacial score (nSPS) is 15.2. The predicted molar refractivity (Wildman–Crippen MR) is 60.4 cm³/mol. The Morgan fingerprint density at radius 1 is 1.50 bits per heavy atom. The fourth-order valence-corrected chi connectivity index (χ4v) is 1.64. The highest BCUT2D eigenvalue weighted by atomic mass is 35.5. The van der Waals surface area contributed by atoms with E-state index in [1.807, 2.05) is 19.1 Å². The van der Waals surface area contributed by atoms with Gasteiger partial charge in [-0.15, -0.1) is 0 Å². The lowest BCUT2D eigenvalue weighted by Gasteiger charge is -2.18. The van der Waals surface area contributed by atoms with Crippen LogP contribution in [0.2, 0.25) is 5.02 Å². The molecule has 2 nitrogen and oxygen atoms in total. The molecule has 1 aromatic heterocycles. The van der Waals surface area contributed by atoms with E-state index in [1.54, 1.807) is 0 Å². The highest BCUT2D eigenvalue weighted by Crippen LogP contribution is 2.22. The molecule has 0 aliphatic carbocycles. The van der Waals surface area contributed by atoms with Gasteiger partial charge in [0, 0.05) is 16.8 Å². The maximum absolute atomic E-state index is 6.07. The summed E-state index contributed by atoms with van der Waals surface area (Å²) >= 11 is 5.95. The van der Waals surface area contributed by atoms with Crippen LogP contribution < -0.4 is 5.73 Å². The van der Waals surface area contributed by atoms with Gasteiger partial charge in [-0.1, -0.05) is 31.9 Å². The van der Waals surface area contributed by atoms with Crippen LogP contribution in [-0.4, -0.2) is 4.98 Å². The monoisotopic (exact) mass is 212 g/mol. The van der Waals surface area contributed by atoms with Gasteiger partial charge in [0.15, 0.2) is 0 Å². The first-order chi connectivity index (χ1) is 6.54. The third kappa shape index (κ3) is 2.69. The molecule has 0 radical (unpaired) electrons. The summed E-state index contributed by atoms with van der Waals surface area (Å²) in [5.74, 6) is 0.431.